The van der Waals surface area contributed by atoms with E-state index >= 15 is 0 Å². The number of nitrogens with zero attached hydrogens (tertiary/aromatic N) is 6. The van der Waals surface area contributed by atoms with E-state index in [4.69, 9.17) is 0 Å². The van der Waals surface area contributed by atoms with Crippen LogP contribution in [0.15, 0.2) is 36.4 Å². The van der Waals surface area contributed by atoms with Gasteiger partial charge in [-0.3, -0.25) is 9.48 Å². The first kappa shape index (κ1) is 13.9. The number of anilines is 1. The molecular weight excluding hydrogens is 282 g/mol. The molecule has 0 bridgehead atoms. The fourth-order valence-corrected chi connectivity index (χ4v) is 2.04. The zero-order valence-corrected chi connectivity index (χ0v) is 12.3. The van der Waals surface area contributed by atoms with Gasteiger partial charge in [0.1, 0.15) is 12.4 Å². The zero-order chi connectivity index (χ0) is 15.5. The summed E-state index contributed by atoms with van der Waals surface area (Å²) < 4.78 is 1.63. The van der Waals surface area contributed by atoms with Crippen LogP contribution in [0.1, 0.15) is 5.82 Å². The van der Waals surface area contributed by atoms with Gasteiger partial charge in [0.2, 0.25) is 5.91 Å². The van der Waals surface area contributed by atoms with Gasteiger partial charge >= 0.3 is 0 Å². The van der Waals surface area contributed by atoms with Crippen molar-refractivity contribution in [1.29, 1.82) is 0 Å². The standard InChI is InChI=1S/C14H15N7O/c1-10-16-19-21(17-10)9-14(22)15-13-8-12(18-20(13)2)11-6-4-3-5-7-11/h3-8H,9H2,1-2H3,(H,15,22). The van der Waals surface area contributed by atoms with Gasteiger partial charge in [-0.1, -0.05) is 30.3 Å². The van der Waals surface area contributed by atoms with Crippen molar-refractivity contribution in [1.82, 2.24) is 30.0 Å². The van der Waals surface area contributed by atoms with E-state index in [0.717, 1.165) is 11.3 Å². The van der Waals surface area contributed by atoms with Crippen LogP contribution in [0.3, 0.4) is 0 Å². The Morgan fingerprint density at radius 3 is 2.68 bits per heavy atom. The van der Waals surface area contributed by atoms with E-state index in [0.29, 0.717) is 11.6 Å². The summed E-state index contributed by atoms with van der Waals surface area (Å²) in [7, 11) is 1.78. The van der Waals surface area contributed by atoms with E-state index in [9.17, 15) is 4.79 Å². The zero-order valence-electron chi connectivity index (χ0n) is 12.3. The quantitative estimate of drug-likeness (QED) is 0.776. The lowest BCUT2D eigenvalue weighted by Gasteiger charge is -2.03. The molecule has 0 fully saturated rings. The fourth-order valence-electron chi connectivity index (χ4n) is 2.04. The molecule has 0 radical (unpaired) electrons. The van der Waals surface area contributed by atoms with E-state index in [-0.39, 0.29) is 12.5 Å². The van der Waals surface area contributed by atoms with Gasteiger partial charge in [-0.2, -0.15) is 9.90 Å². The van der Waals surface area contributed by atoms with Gasteiger partial charge in [0.15, 0.2) is 5.82 Å². The highest BCUT2D eigenvalue weighted by Gasteiger charge is 2.11. The van der Waals surface area contributed by atoms with Crippen molar-refractivity contribution in [2.75, 3.05) is 5.32 Å². The van der Waals surface area contributed by atoms with Gasteiger partial charge in [-0.05, 0) is 12.1 Å². The lowest BCUT2D eigenvalue weighted by Crippen LogP contribution is -2.21. The van der Waals surface area contributed by atoms with E-state index in [2.05, 4.69) is 25.8 Å². The van der Waals surface area contributed by atoms with Crippen molar-refractivity contribution in [3.63, 3.8) is 0 Å². The van der Waals surface area contributed by atoms with E-state index in [1.807, 2.05) is 36.4 Å². The molecule has 112 valence electrons. The number of hydrogen-bond donors (Lipinski definition) is 1. The fraction of sp³-hybridized carbons (Fsp3) is 0.214. The number of hydrogen-bond acceptors (Lipinski definition) is 5. The highest BCUT2D eigenvalue weighted by atomic mass is 16.2. The first-order chi connectivity index (χ1) is 10.6. The van der Waals surface area contributed by atoms with Crippen LogP contribution in [0.2, 0.25) is 0 Å². The molecule has 1 aromatic carbocycles. The molecule has 22 heavy (non-hydrogen) atoms. The molecule has 0 atom stereocenters. The number of benzene rings is 1. The molecule has 0 unspecified atom stereocenters. The van der Waals surface area contributed by atoms with Gasteiger partial charge in [-0.15, -0.1) is 10.2 Å². The number of nitrogens with one attached hydrogen (secondary N) is 1. The number of aryl methyl sites for hydroxylation is 2. The lowest BCUT2D eigenvalue weighted by atomic mass is 10.2. The van der Waals surface area contributed by atoms with Crippen LogP contribution in [0, 0.1) is 6.92 Å². The number of carbonyl (C=O) groups is 1. The predicted molar refractivity (Wildman–Crippen MR) is 79.8 cm³/mol. The Kier molecular flexibility index (Phi) is 3.65. The number of rotatable bonds is 4. The summed E-state index contributed by atoms with van der Waals surface area (Å²) in [5, 5.41) is 18.7. The monoisotopic (exact) mass is 297 g/mol. The molecule has 0 aliphatic rings. The van der Waals surface area contributed by atoms with Crippen molar-refractivity contribution >= 4 is 11.7 Å². The molecule has 0 aliphatic carbocycles. The Morgan fingerprint density at radius 1 is 1.23 bits per heavy atom. The molecule has 0 spiro atoms. The number of aromatic nitrogens is 6. The highest BCUT2D eigenvalue weighted by Crippen LogP contribution is 2.20. The van der Waals surface area contributed by atoms with Gasteiger partial charge in [0.05, 0.1) is 5.69 Å². The largest absolute Gasteiger partial charge is 0.309 e. The van der Waals surface area contributed by atoms with Gasteiger partial charge in [0, 0.05) is 18.7 Å². The summed E-state index contributed by atoms with van der Waals surface area (Å²) in [6.45, 7) is 1.72. The molecule has 3 rings (SSSR count). The minimum atomic E-state index is -0.236. The Morgan fingerprint density at radius 2 is 2.00 bits per heavy atom. The summed E-state index contributed by atoms with van der Waals surface area (Å²) in [5.41, 5.74) is 1.79. The molecule has 0 saturated heterocycles. The van der Waals surface area contributed by atoms with Crippen molar-refractivity contribution in [3.05, 3.63) is 42.2 Å². The topological polar surface area (TPSA) is 90.5 Å². The van der Waals surface area contributed by atoms with Crippen LogP contribution in [0.4, 0.5) is 5.82 Å². The van der Waals surface area contributed by atoms with Gasteiger partial charge in [-0.25, -0.2) is 0 Å². The molecular formula is C14H15N7O. The van der Waals surface area contributed by atoms with Crippen molar-refractivity contribution in [3.8, 4) is 11.3 Å². The molecule has 8 nitrogen and oxygen atoms in total. The number of amides is 1. The van der Waals surface area contributed by atoms with E-state index < -0.39 is 0 Å². The summed E-state index contributed by atoms with van der Waals surface area (Å²) in [5.74, 6) is 0.903. The summed E-state index contributed by atoms with van der Waals surface area (Å²) in [6.07, 6.45) is 0. The SMILES string of the molecule is Cc1nnn(CC(=O)Nc2cc(-c3ccccc3)nn2C)n1. The van der Waals surface area contributed by atoms with Crippen LogP contribution in [-0.4, -0.2) is 35.9 Å². The Balaban J connectivity index is 1.73. The molecule has 3 aromatic rings. The van der Waals surface area contributed by atoms with E-state index in [1.54, 1.807) is 18.7 Å². The summed E-state index contributed by atoms with van der Waals surface area (Å²) in [6, 6.07) is 11.6. The third kappa shape index (κ3) is 3.00. The highest BCUT2D eigenvalue weighted by molar-refractivity contribution is 5.90. The average Bonchev–Trinajstić information content (AvgIpc) is 3.07. The summed E-state index contributed by atoms with van der Waals surface area (Å²) in [4.78, 5) is 13.3. The first-order valence-corrected chi connectivity index (χ1v) is 6.75. The third-order valence-electron chi connectivity index (χ3n) is 3.05. The van der Waals surface area contributed by atoms with Gasteiger partial charge < -0.3 is 5.32 Å². The first-order valence-electron chi connectivity index (χ1n) is 6.75. The normalized spacial score (nSPS) is 10.6. The minimum Gasteiger partial charge on any atom is -0.309 e. The second-order valence-corrected chi connectivity index (χ2v) is 4.82. The molecule has 0 aliphatic heterocycles. The molecule has 8 heteroatoms. The molecule has 1 N–H and O–H groups in total. The Hall–Kier alpha value is -3.03. The van der Waals surface area contributed by atoms with Crippen LogP contribution in [0.5, 0.6) is 0 Å². The minimum absolute atomic E-state index is 0.00664. The molecule has 2 aromatic heterocycles. The average molecular weight is 297 g/mol. The second kappa shape index (κ2) is 5.76. The van der Waals surface area contributed by atoms with Crippen molar-refractivity contribution < 1.29 is 4.79 Å². The maximum Gasteiger partial charge on any atom is 0.249 e. The van der Waals surface area contributed by atoms with Crippen LogP contribution < -0.4 is 5.32 Å². The lowest BCUT2D eigenvalue weighted by molar-refractivity contribution is -0.117. The van der Waals surface area contributed by atoms with Gasteiger partial charge in [0.25, 0.3) is 0 Å². The van der Waals surface area contributed by atoms with Crippen molar-refractivity contribution in [2.45, 2.75) is 13.5 Å². The van der Waals surface area contributed by atoms with Crippen LogP contribution in [0.25, 0.3) is 11.3 Å². The smallest absolute Gasteiger partial charge is 0.249 e. The summed E-state index contributed by atoms with van der Waals surface area (Å²) >= 11 is 0. The Bertz CT molecular complexity index is 791. The van der Waals surface area contributed by atoms with Crippen LogP contribution >= 0.6 is 0 Å². The van der Waals surface area contributed by atoms with Crippen LogP contribution in [-0.2, 0) is 18.4 Å². The maximum absolute atomic E-state index is 12.0. The molecule has 2 heterocycles. The third-order valence-corrected chi connectivity index (χ3v) is 3.05. The Labute approximate surface area is 126 Å². The second-order valence-electron chi connectivity index (χ2n) is 4.82. The number of tetrazole rings is 1. The molecule has 0 saturated carbocycles. The van der Waals surface area contributed by atoms with Crippen molar-refractivity contribution in [2.24, 2.45) is 7.05 Å². The maximum atomic E-state index is 12.0. The van der Waals surface area contributed by atoms with E-state index in [1.165, 1.54) is 4.80 Å². The predicted octanol–water partition coefficient (Wildman–Crippen LogP) is 1.02. The molecule has 1 amide bonds. The number of carbonyl (C=O) groups excluding carboxylic acids is 1.